The Kier molecular flexibility index (Phi) is 4.29. The summed E-state index contributed by atoms with van der Waals surface area (Å²) in [6.07, 6.45) is 0.919. The van der Waals surface area contributed by atoms with Crippen molar-refractivity contribution in [3.63, 3.8) is 0 Å². The molecule has 1 saturated heterocycles. The molecule has 0 atom stereocenters. The second-order valence-corrected chi connectivity index (χ2v) is 6.91. The fourth-order valence-corrected chi connectivity index (χ4v) is 2.67. The van der Waals surface area contributed by atoms with Gasteiger partial charge in [-0.25, -0.2) is 9.59 Å². The fraction of sp³-hybridized carbons (Fsp3) is 0.286. The molecule has 24 heavy (non-hydrogen) atoms. The van der Waals surface area contributed by atoms with Crippen LogP contribution in [0.1, 0.15) is 19.4 Å². The molecule has 0 saturated carbocycles. The Bertz CT molecular complexity index is 832. The maximum Gasteiger partial charge on any atom is 0.350 e. The largest absolute Gasteiger partial charge is 0.504 e. The number of benzene rings is 1. The van der Waals surface area contributed by atoms with Gasteiger partial charge < -0.3 is 19.9 Å². The number of aromatic hydroxyl groups is 1. The number of carbonyl (C=O) groups is 2. The number of phenols is 1. The van der Waals surface area contributed by atoms with Gasteiger partial charge in [0.2, 0.25) is 0 Å². The van der Waals surface area contributed by atoms with Crippen LogP contribution < -0.4 is 5.32 Å². The van der Waals surface area contributed by atoms with Gasteiger partial charge >= 0.3 is 11.9 Å². The summed E-state index contributed by atoms with van der Waals surface area (Å²) in [6, 6.07) is 2.42. The van der Waals surface area contributed by atoms with Gasteiger partial charge in [0.25, 0.3) is 15.9 Å². The van der Waals surface area contributed by atoms with Crippen LogP contribution in [0.2, 0.25) is 0 Å². The molecule has 1 aliphatic heterocycles. The van der Waals surface area contributed by atoms with Crippen molar-refractivity contribution in [3.05, 3.63) is 29.5 Å². The van der Waals surface area contributed by atoms with E-state index < -0.39 is 44.1 Å². The highest BCUT2D eigenvalue weighted by Crippen LogP contribution is 2.33. The van der Waals surface area contributed by atoms with Crippen LogP contribution in [0.25, 0.3) is 0 Å². The highest BCUT2D eigenvalue weighted by Gasteiger charge is 2.39. The summed E-state index contributed by atoms with van der Waals surface area (Å²) in [5.41, 5.74) is -0.208. The quantitative estimate of drug-likeness (QED) is 0.238. The van der Waals surface area contributed by atoms with Gasteiger partial charge in [-0.2, -0.15) is 8.42 Å². The molecule has 2 rings (SSSR count). The number of esters is 2. The second-order valence-electron chi connectivity index (χ2n) is 5.52. The number of anilines is 1. The van der Waals surface area contributed by atoms with E-state index in [1.165, 1.54) is 26.8 Å². The van der Waals surface area contributed by atoms with E-state index in [0.717, 1.165) is 12.3 Å². The first kappa shape index (κ1) is 17.8. The second kappa shape index (κ2) is 5.80. The number of phenolic OH excluding ortho intramolecular Hbond substituents is 1. The number of nitrogens with one attached hydrogen (secondary N) is 1. The van der Waals surface area contributed by atoms with Crippen LogP contribution in [0.3, 0.4) is 0 Å². The number of carbonyl (C=O) groups excluding carboxylic acids is 2. The number of rotatable bonds is 3. The van der Waals surface area contributed by atoms with Crippen molar-refractivity contribution in [2.75, 3.05) is 5.32 Å². The summed E-state index contributed by atoms with van der Waals surface area (Å²) in [5.74, 6) is -4.04. The van der Waals surface area contributed by atoms with Crippen LogP contribution in [-0.4, -0.2) is 35.8 Å². The van der Waals surface area contributed by atoms with Gasteiger partial charge in [-0.15, -0.1) is 0 Å². The van der Waals surface area contributed by atoms with Gasteiger partial charge in [0.15, 0.2) is 11.3 Å². The van der Waals surface area contributed by atoms with Gasteiger partial charge in [0, 0.05) is 20.0 Å². The van der Waals surface area contributed by atoms with Crippen molar-refractivity contribution in [1.29, 1.82) is 0 Å². The van der Waals surface area contributed by atoms with Crippen LogP contribution in [0, 0.1) is 6.92 Å². The maximum absolute atomic E-state index is 11.8. The molecule has 1 aliphatic rings. The molecule has 0 spiro atoms. The lowest BCUT2D eigenvalue weighted by atomic mass is 10.2. The number of cyclic esters (lactones) is 2. The molecule has 130 valence electrons. The molecule has 3 N–H and O–H groups in total. The Morgan fingerprint density at radius 2 is 1.71 bits per heavy atom. The standard InChI is InChI=1S/C14H15NO8S/c1-7-4-9(11(16)10(5-7)24(19,20)21)15-6-8-12(17)22-14(2,3)23-13(8)18/h4-6,15-16H,1-3H3,(H,19,20,21). The molecule has 1 heterocycles. The molecule has 0 radical (unpaired) electrons. The molecule has 0 amide bonds. The Morgan fingerprint density at radius 1 is 1.17 bits per heavy atom. The number of hydrogen-bond donors (Lipinski definition) is 3. The van der Waals surface area contributed by atoms with Crippen molar-refractivity contribution in [3.8, 4) is 5.75 Å². The van der Waals surface area contributed by atoms with Crippen LogP contribution in [0.5, 0.6) is 5.75 Å². The van der Waals surface area contributed by atoms with Gasteiger partial charge in [-0.1, -0.05) is 0 Å². The van der Waals surface area contributed by atoms with E-state index in [4.69, 9.17) is 14.0 Å². The first-order chi connectivity index (χ1) is 10.9. The lowest BCUT2D eigenvalue weighted by molar-refractivity contribution is -0.222. The summed E-state index contributed by atoms with van der Waals surface area (Å²) >= 11 is 0. The lowest BCUT2D eigenvalue weighted by Gasteiger charge is -2.29. The average Bonchev–Trinajstić information content (AvgIpc) is 2.38. The van der Waals surface area contributed by atoms with Gasteiger partial charge in [-0.05, 0) is 24.6 Å². The van der Waals surface area contributed by atoms with Crippen LogP contribution in [-0.2, 0) is 29.2 Å². The normalized spacial score (nSPS) is 17.1. The molecular formula is C14H15NO8S. The Morgan fingerprint density at radius 3 is 2.21 bits per heavy atom. The van der Waals surface area contributed by atoms with Crippen molar-refractivity contribution in [2.45, 2.75) is 31.5 Å². The smallest absolute Gasteiger partial charge is 0.350 e. The molecule has 0 aromatic heterocycles. The number of aryl methyl sites for hydroxylation is 1. The monoisotopic (exact) mass is 357 g/mol. The van der Waals surface area contributed by atoms with Crippen LogP contribution >= 0.6 is 0 Å². The molecule has 1 aromatic carbocycles. The molecule has 0 unspecified atom stereocenters. The third-order valence-electron chi connectivity index (χ3n) is 2.99. The summed E-state index contributed by atoms with van der Waals surface area (Å²) in [5, 5.41) is 12.4. The predicted molar refractivity (Wildman–Crippen MR) is 80.6 cm³/mol. The van der Waals surface area contributed by atoms with Crippen molar-refractivity contribution in [1.82, 2.24) is 0 Å². The highest BCUT2D eigenvalue weighted by atomic mass is 32.2. The van der Waals surface area contributed by atoms with Crippen LogP contribution in [0.4, 0.5) is 5.69 Å². The van der Waals surface area contributed by atoms with E-state index in [0.29, 0.717) is 5.56 Å². The summed E-state index contributed by atoms with van der Waals surface area (Å²) < 4.78 is 41.4. The van der Waals surface area contributed by atoms with Crippen molar-refractivity contribution < 1.29 is 37.1 Å². The van der Waals surface area contributed by atoms with Gasteiger partial charge in [0.1, 0.15) is 4.90 Å². The van der Waals surface area contributed by atoms with E-state index in [1.54, 1.807) is 0 Å². The molecule has 1 fully saturated rings. The van der Waals surface area contributed by atoms with E-state index in [-0.39, 0.29) is 5.69 Å². The Balaban J connectivity index is 2.38. The third-order valence-corrected chi connectivity index (χ3v) is 3.85. The van der Waals surface area contributed by atoms with E-state index >= 15 is 0 Å². The zero-order chi connectivity index (χ0) is 18.3. The number of ether oxygens (including phenoxy) is 2. The highest BCUT2D eigenvalue weighted by molar-refractivity contribution is 7.86. The molecule has 9 nitrogen and oxygen atoms in total. The summed E-state index contributed by atoms with van der Waals surface area (Å²) in [7, 11) is -4.65. The topological polar surface area (TPSA) is 139 Å². The number of hydrogen-bond acceptors (Lipinski definition) is 8. The summed E-state index contributed by atoms with van der Waals surface area (Å²) in [4.78, 5) is 22.9. The molecule has 10 heteroatoms. The van der Waals surface area contributed by atoms with Crippen molar-refractivity contribution >= 4 is 27.7 Å². The Labute approximate surface area is 137 Å². The molecular weight excluding hydrogens is 342 g/mol. The minimum atomic E-state index is -4.65. The van der Waals surface area contributed by atoms with Gasteiger partial charge in [0.05, 0.1) is 5.69 Å². The third kappa shape index (κ3) is 3.66. The fourth-order valence-electron chi connectivity index (χ4n) is 1.98. The molecule has 0 bridgehead atoms. The zero-order valence-corrected chi connectivity index (χ0v) is 13.8. The van der Waals surface area contributed by atoms with Crippen molar-refractivity contribution in [2.24, 2.45) is 0 Å². The van der Waals surface area contributed by atoms with E-state index in [1.807, 2.05) is 0 Å². The predicted octanol–water partition coefficient (Wildman–Crippen LogP) is 1.08. The maximum atomic E-state index is 11.8. The zero-order valence-electron chi connectivity index (χ0n) is 13.0. The molecule has 0 aliphatic carbocycles. The van der Waals surface area contributed by atoms with E-state index in [2.05, 4.69) is 5.32 Å². The average molecular weight is 357 g/mol. The first-order valence-electron chi connectivity index (χ1n) is 6.65. The van der Waals surface area contributed by atoms with Crippen LogP contribution in [0.15, 0.2) is 28.8 Å². The van der Waals surface area contributed by atoms with E-state index in [9.17, 15) is 23.1 Å². The minimum Gasteiger partial charge on any atom is -0.504 e. The minimum absolute atomic E-state index is 0.138. The lowest BCUT2D eigenvalue weighted by Crippen LogP contribution is -2.42. The first-order valence-corrected chi connectivity index (χ1v) is 8.09. The Hall–Kier alpha value is -2.59. The molecule has 1 aromatic rings. The van der Waals surface area contributed by atoms with Gasteiger partial charge in [-0.3, -0.25) is 4.55 Å². The SMILES string of the molecule is Cc1cc(NC=C2C(=O)OC(C)(C)OC2=O)c(O)c(S(=O)(=O)O)c1. The summed E-state index contributed by atoms with van der Waals surface area (Å²) in [6.45, 7) is 4.30.